The summed E-state index contributed by atoms with van der Waals surface area (Å²) >= 11 is 0. The molecule has 8 nitrogen and oxygen atoms in total. The number of carbonyl (C=O) groups is 3. The van der Waals surface area contributed by atoms with E-state index in [0.29, 0.717) is 12.8 Å². The highest BCUT2D eigenvalue weighted by atomic mass is 16.6. The first-order valence-corrected chi connectivity index (χ1v) is 24.6. The average Bonchev–Trinajstić information content (AvgIpc) is 3.23. The van der Waals surface area contributed by atoms with Crippen molar-refractivity contribution in [2.45, 2.75) is 199 Å². The van der Waals surface area contributed by atoms with Crippen LogP contribution in [0.4, 0.5) is 0 Å². The van der Waals surface area contributed by atoms with E-state index in [-0.39, 0.29) is 42.7 Å². The summed E-state index contributed by atoms with van der Waals surface area (Å²) in [6.07, 6.45) is 57.5. The van der Waals surface area contributed by atoms with Crippen LogP contribution in [-0.2, 0) is 28.6 Å². The molecule has 0 aliphatic heterocycles. The summed E-state index contributed by atoms with van der Waals surface area (Å²) < 4.78 is 17.2. The SMILES string of the molecule is CC/C=C/C/C=C/C/C=C/C/C=C/C/C=C/C/C=C/CCCCCC(=O)OCC(COCCC(C(=O)[O-])[N+](C)(C)C)OC(=O)CCCCCCC/C=C/CCCCCCCCC. The van der Waals surface area contributed by atoms with E-state index >= 15 is 0 Å². The zero-order chi connectivity index (χ0) is 45.6. The second-order valence-corrected chi connectivity index (χ2v) is 17.3. The lowest BCUT2D eigenvalue weighted by Crippen LogP contribution is -2.55. The Hall–Kier alpha value is -3.49. The van der Waals surface area contributed by atoms with Gasteiger partial charge in [-0.25, -0.2) is 0 Å². The molecule has 0 heterocycles. The third kappa shape index (κ3) is 41.8. The zero-order valence-corrected chi connectivity index (χ0v) is 40.3. The second kappa shape index (κ2) is 44.1. The highest BCUT2D eigenvalue weighted by Gasteiger charge is 2.25. The third-order valence-electron chi connectivity index (χ3n) is 10.5. The van der Waals surface area contributed by atoms with E-state index in [0.717, 1.165) is 96.3 Å². The molecule has 0 bridgehead atoms. The number of aliphatic carboxylic acids is 1. The lowest BCUT2D eigenvalue weighted by molar-refractivity contribution is -0.889. The fourth-order valence-electron chi connectivity index (χ4n) is 6.71. The molecule has 62 heavy (non-hydrogen) atoms. The van der Waals surface area contributed by atoms with Gasteiger partial charge in [-0.3, -0.25) is 9.59 Å². The van der Waals surface area contributed by atoms with Crippen molar-refractivity contribution >= 4 is 17.9 Å². The summed E-state index contributed by atoms with van der Waals surface area (Å²) in [6.45, 7) is 4.50. The number of esters is 2. The highest BCUT2D eigenvalue weighted by molar-refractivity contribution is 5.70. The summed E-state index contributed by atoms with van der Waals surface area (Å²) in [5.74, 6) is -1.79. The van der Waals surface area contributed by atoms with Crippen molar-refractivity contribution in [2.24, 2.45) is 0 Å². The minimum atomic E-state index is -1.13. The summed E-state index contributed by atoms with van der Waals surface area (Å²) in [6, 6.07) is -0.737. The molecular formula is C54H91NO7. The van der Waals surface area contributed by atoms with Crippen molar-refractivity contribution < 1.29 is 38.2 Å². The third-order valence-corrected chi connectivity index (χ3v) is 10.5. The normalized spacial score (nSPS) is 13.6. The highest BCUT2D eigenvalue weighted by Crippen LogP contribution is 2.13. The van der Waals surface area contributed by atoms with E-state index in [1.807, 2.05) is 0 Å². The van der Waals surface area contributed by atoms with Gasteiger partial charge in [-0.15, -0.1) is 0 Å². The molecule has 0 saturated heterocycles. The Balaban J connectivity index is 4.37. The van der Waals surface area contributed by atoms with Gasteiger partial charge in [-0.1, -0.05) is 163 Å². The molecule has 0 fully saturated rings. The molecule has 0 amide bonds. The van der Waals surface area contributed by atoms with Gasteiger partial charge in [0.15, 0.2) is 6.10 Å². The number of hydrogen-bond donors (Lipinski definition) is 0. The smallest absolute Gasteiger partial charge is 0.306 e. The molecule has 0 saturated carbocycles. The number of allylic oxidation sites excluding steroid dienone is 14. The Morgan fingerprint density at radius 2 is 0.903 bits per heavy atom. The number of unbranched alkanes of at least 4 members (excludes halogenated alkanes) is 15. The number of hydrogen-bond acceptors (Lipinski definition) is 7. The van der Waals surface area contributed by atoms with E-state index in [1.54, 1.807) is 21.1 Å². The number of nitrogens with zero attached hydrogens (tertiary/aromatic N) is 1. The van der Waals surface area contributed by atoms with Gasteiger partial charge in [0.05, 0.1) is 40.3 Å². The van der Waals surface area contributed by atoms with Gasteiger partial charge < -0.3 is 28.6 Å². The summed E-state index contributed by atoms with van der Waals surface area (Å²) in [4.78, 5) is 37.0. The number of carboxylic acids is 1. The molecule has 0 aliphatic carbocycles. The first kappa shape index (κ1) is 58.5. The number of ether oxygens (including phenoxy) is 3. The predicted octanol–water partition coefficient (Wildman–Crippen LogP) is 12.7. The van der Waals surface area contributed by atoms with Gasteiger partial charge in [-0.2, -0.15) is 0 Å². The Kier molecular flexibility index (Phi) is 41.6. The number of carbonyl (C=O) groups excluding carboxylic acids is 3. The molecule has 0 spiro atoms. The predicted molar refractivity (Wildman–Crippen MR) is 258 cm³/mol. The average molecular weight is 866 g/mol. The number of quaternary nitrogens is 1. The maximum atomic E-state index is 12.8. The Labute approximate surface area is 380 Å². The standard InChI is InChI=1S/C54H91NO7/c1-6-8-10-12-14-16-18-20-22-24-25-26-27-28-29-31-32-34-36-38-40-42-44-52(56)61-49-50(48-60-47-46-51(54(58)59)55(3,4)5)62-53(57)45-43-41-39-37-35-33-30-23-21-19-17-15-13-11-9-7-2/h8,10,14,16,20,22-23,25-26,28-30,32,34,50-51H,6-7,9,11-13,15,17-19,21,24,27,31,33,35-49H2,1-5H3/b10-8+,16-14+,22-20+,26-25+,29-28+,30-23+,34-32+. The van der Waals surface area contributed by atoms with E-state index < -0.39 is 18.1 Å². The van der Waals surface area contributed by atoms with Crippen molar-refractivity contribution in [1.29, 1.82) is 0 Å². The van der Waals surface area contributed by atoms with Gasteiger partial charge in [-0.05, 0) is 89.9 Å². The topological polar surface area (TPSA) is 102 Å². The molecule has 0 aromatic heterocycles. The maximum absolute atomic E-state index is 12.8. The van der Waals surface area contributed by atoms with Gasteiger partial charge >= 0.3 is 11.9 Å². The maximum Gasteiger partial charge on any atom is 0.306 e. The first-order valence-electron chi connectivity index (χ1n) is 24.6. The molecule has 8 heteroatoms. The second-order valence-electron chi connectivity index (χ2n) is 17.3. The molecule has 2 unspecified atom stereocenters. The van der Waals surface area contributed by atoms with Crippen LogP contribution in [0, 0.1) is 0 Å². The van der Waals surface area contributed by atoms with Gasteiger partial charge in [0, 0.05) is 19.3 Å². The first-order chi connectivity index (χ1) is 30.1. The Morgan fingerprint density at radius 1 is 0.500 bits per heavy atom. The number of likely N-dealkylation sites (N-methyl/N-ethyl adjacent to an activating group) is 1. The Morgan fingerprint density at radius 3 is 1.37 bits per heavy atom. The van der Waals surface area contributed by atoms with Crippen LogP contribution >= 0.6 is 0 Å². The molecule has 2 atom stereocenters. The lowest BCUT2D eigenvalue weighted by atomic mass is 10.1. The molecule has 0 rings (SSSR count). The summed E-state index contributed by atoms with van der Waals surface area (Å²) in [5.41, 5.74) is 0. The van der Waals surface area contributed by atoms with E-state index in [9.17, 15) is 19.5 Å². The molecular weight excluding hydrogens is 775 g/mol. The lowest BCUT2D eigenvalue weighted by Gasteiger charge is -2.34. The van der Waals surface area contributed by atoms with Crippen molar-refractivity contribution in [2.75, 3.05) is 41.0 Å². The molecule has 0 aromatic rings. The summed E-state index contributed by atoms with van der Waals surface area (Å²) in [5, 5.41) is 11.7. The summed E-state index contributed by atoms with van der Waals surface area (Å²) in [7, 11) is 5.39. The van der Waals surface area contributed by atoms with Crippen LogP contribution in [0.1, 0.15) is 187 Å². The molecule has 0 aliphatic rings. The minimum absolute atomic E-state index is 0.0222. The number of rotatable bonds is 43. The van der Waals surface area contributed by atoms with Crippen LogP contribution in [0.3, 0.4) is 0 Å². The van der Waals surface area contributed by atoms with Gasteiger partial charge in [0.2, 0.25) is 0 Å². The van der Waals surface area contributed by atoms with Gasteiger partial charge in [0.25, 0.3) is 0 Å². The molecule has 354 valence electrons. The fraction of sp³-hybridized carbons (Fsp3) is 0.685. The van der Waals surface area contributed by atoms with Crippen LogP contribution in [0.25, 0.3) is 0 Å². The van der Waals surface area contributed by atoms with Gasteiger partial charge in [0.1, 0.15) is 12.6 Å². The van der Waals surface area contributed by atoms with Crippen LogP contribution in [0.15, 0.2) is 85.1 Å². The molecule has 0 N–H and O–H groups in total. The van der Waals surface area contributed by atoms with Crippen LogP contribution in [0.5, 0.6) is 0 Å². The van der Waals surface area contributed by atoms with Crippen molar-refractivity contribution in [3.05, 3.63) is 85.1 Å². The van der Waals surface area contributed by atoms with Crippen molar-refractivity contribution in [3.8, 4) is 0 Å². The van der Waals surface area contributed by atoms with Crippen molar-refractivity contribution in [3.63, 3.8) is 0 Å². The van der Waals surface area contributed by atoms with E-state index in [4.69, 9.17) is 14.2 Å². The zero-order valence-electron chi connectivity index (χ0n) is 40.3. The van der Waals surface area contributed by atoms with E-state index in [1.165, 1.54) is 57.8 Å². The largest absolute Gasteiger partial charge is 0.544 e. The van der Waals surface area contributed by atoms with Crippen LogP contribution in [0.2, 0.25) is 0 Å². The quantitative estimate of drug-likeness (QED) is 0.0260. The van der Waals surface area contributed by atoms with Crippen LogP contribution in [-0.4, -0.2) is 75.5 Å². The number of carboxylic acid groups (broad SMARTS) is 1. The Bertz CT molecular complexity index is 1290. The van der Waals surface area contributed by atoms with E-state index in [2.05, 4.69) is 98.9 Å². The monoisotopic (exact) mass is 866 g/mol. The molecule has 0 aromatic carbocycles. The minimum Gasteiger partial charge on any atom is -0.544 e. The van der Waals surface area contributed by atoms with Crippen LogP contribution < -0.4 is 5.11 Å². The van der Waals surface area contributed by atoms with Crippen molar-refractivity contribution in [1.82, 2.24) is 0 Å². The fourth-order valence-corrected chi connectivity index (χ4v) is 6.71. The molecule has 0 radical (unpaired) electrons.